The summed E-state index contributed by atoms with van der Waals surface area (Å²) in [6.07, 6.45) is 3.20. The standard InChI is InChI=1S/C16H15BrN4O2S/c1-2-24-16-20-18-11-21(16)19-9-14-7-8-15(23-14)10-22-13-5-3-12(17)4-6-13/h3-9,11H,2,10H2,1H3. The van der Waals surface area contributed by atoms with Crippen molar-refractivity contribution in [2.45, 2.75) is 18.7 Å². The molecule has 0 N–H and O–H groups in total. The number of aromatic nitrogens is 3. The number of ether oxygens (including phenoxy) is 1. The number of nitrogens with zero attached hydrogens (tertiary/aromatic N) is 4. The summed E-state index contributed by atoms with van der Waals surface area (Å²) in [4.78, 5) is 0. The van der Waals surface area contributed by atoms with Crippen LogP contribution in [0.4, 0.5) is 0 Å². The van der Waals surface area contributed by atoms with Crippen LogP contribution in [-0.4, -0.2) is 26.8 Å². The second kappa shape index (κ2) is 8.16. The lowest BCUT2D eigenvalue weighted by molar-refractivity contribution is 0.270. The molecular weight excluding hydrogens is 392 g/mol. The predicted octanol–water partition coefficient (Wildman–Crippen LogP) is 4.21. The van der Waals surface area contributed by atoms with Crippen LogP contribution < -0.4 is 4.74 Å². The number of furan rings is 1. The molecule has 1 aromatic carbocycles. The van der Waals surface area contributed by atoms with Crippen molar-refractivity contribution in [1.29, 1.82) is 0 Å². The molecule has 8 heteroatoms. The molecule has 24 heavy (non-hydrogen) atoms. The zero-order valence-corrected chi connectivity index (χ0v) is 15.3. The first-order valence-electron chi connectivity index (χ1n) is 7.29. The van der Waals surface area contributed by atoms with Crippen molar-refractivity contribution in [2.75, 3.05) is 5.75 Å². The number of thioether (sulfide) groups is 1. The highest BCUT2D eigenvalue weighted by molar-refractivity contribution is 9.10. The predicted molar refractivity (Wildman–Crippen MR) is 96.6 cm³/mol. The Balaban J connectivity index is 1.59. The third-order valence-corrected chi connectivity index (χ3v) is 4.30. The molecule has 0 aliphatic heterocycles. The van der Waals surface area contributed by atoms with Crippen LogP contribution in [0.5, 0.6) is 5.75 Å². The minimum atomic E-state index is 0.360. The quantitative estimate of drug-likeness (QED) is 0.434. The molecule has 0 atom stereocenters. The van der Waals surface area contributed by atoms with Crippen LogP contribution in [0.1, 0.15) is 18.4 Å². The van der Waals surface area contributed by atoms with E-state index >= 15 is 0 Å². The molecular formula is C16H15BrN4O2S. The monoisotopic (exact) mass is 406 g/mol. The van der Waals surface area contributed by atoms with Gasteiger partial charge in [0.05, 0.1) is 6.21 Å². The molecule has 0 saturated carbocycles. The Kier molecular flexibility index (Phi) is 5.71. The average Bonchev–Trinajstić information content (AvgIpc) is 3.22. The minimum absolute atomic E-state index is 0.360. The summed E-state index contributed by atoms with van der Waals surface area (Å²) >= 11 is 4.97. The molecule has 3 aromatic rings. The van der Waals surface area contributed by atoms with Crippen molar-refractivity contribution in [2.24, 2.45) is 5.10 Å². The van der Waals surface area contributed by atoms with Crippen molar-refractivity contribution >= 4 is 33.9 Å². The summed E-state index contributed by atoms with van der Waals surface area (Å²) in [6, 6.07) is 11.4. The van der Waals surface area contributed by atoms with Gasteiger partial charge in [-0.1, -0.05) is 34.6 Å². The van der Waals surface area contributed by atoms with E-state index in [1.54, 1.807) is 29.0 Å². The molecule has 0 aliphatic rings. The lowest BCUT2D eigenvalue weighted by Crippen LogP contribution is -1.93. The Bertz CT molecular complexity index is 814. The van der Waals surface area contributed by atoms with E-state index in [4.69, 9.17) is 9.15 Å². The van der Waals surface area contributed by atoms with Gasteiger partial charge in [0.15, 0.2) is 0 Å². The van der Waals surface area contributed by atoms with E-state index in [1.807, 2.05) is 36.4 Å². The molecule has 0 fully saturated rings. The van der Waals surface area contributed by atoms with Gasteiger partial charge >= 0.3 is 0 Å². The lowest BCUT2D eigenvalue weighted by atomic mass is 10.3. The molecule has 2 aromatic heterocycles. The average molecular weight is 407 g/mol. The third-order valence-electron chi connectivity index (χ3n) is 2.96. The van der Waals surface area contributed by atoms with Gasteiger partial charge in [0.25, 0.3) is 0 Å². The van der Waals surface area contributed by atoms with Crippen LogP contribution in [0.2, 0.25) is 0 Å². The molecule has 0 spiro atoms. The van der Waals surface area contributed by atoms with E-state index in [1.165, 1.54) is 0 Å². The van der Waals surface area contributed by atoms with Gasteiger partial charge in [-0.25, -0.2) is 0 Å². The Morgan fingerprint density at radius 1 is 1.29 bits per heavy atom. The smallest absolute Gasteiger partial charge is 0.211 e. The van der Waals surface area contributed by atoms with Gasteiger partial charge in [0.1, 0.15) is 30.2 Å². The van der Waals surface area contributed by atoms with Gasteiger partial charge in [-0.3, -0.25) is 0 Å². The molecule has 0 unspecified atom stereocenters. The number of hydrogen-bond donors (Lipinski definition) is 0. The molecule has 0 amide bonds. The third kappa shape index (κ3) is 4.48. The molecule has 0 saturated heterocycles. The summed E-state index contributed by atoms with van der Waals surface area (Å²) in [6.45, 7) is 2.41. The first-order chi connectivity index (χ1) is 11.7. The van der Waals surface area contributed by atoms with Crippen molar-refractivity contribution in [1.82, 2.24) is 14.9 Å². The van der Waals surface area contributed by atoms with Crippen LogP contribution in [-0.2, 0) is 6.61 Å². The maximum atomic E-state index is 5.68. The second-order valence-corrected chi connectivity index (χ2v) is 6.83. The second-order valence-electron chi connectivity index (χ2n) is 4.68. The van der Waals surface area contributed by atoms with E-state index in [-0.39, 0.29) is 0 Å². The van der Waals surface area contributed by atoms with Gasteiger partial charge in [-0.2, -0.15) is 9.78 Å². The summed E-state index contributed by atoms with van der Waals surface area (Å²) in [7, 11) is 0. The van der Waals surface area contributed by atoms with Gasteiger partial charge in [0, 0.05) is 4.47 Å². The molecule has 124 valence electrons. The molecule has 2 heterocycles. The van der Waals surface area contributed by atoms with Crippen molar-refractivity contribution in [3.05, 3.63) is 58.7 Å². The van der Waals surface area contributed by atoms with Crippen LogP contribution >= 0.6 is 27.7 Å². The number of rotatable bonds is 7. The highest BCUT2D eigenvalue weighted by Gasteiger charge is 2.04. The summed E-state index contributed by atoms with van der Waals surface area (Å²) < 4.78 is 14.0. The zero-order chi connectivity index (χ0) is 16.8. The van der Waals surface area contributed by atoms with Crippen LogP contribution in [0.15, 0.2) is 61.9 Å². The normalized spacial score (nSPS) is 11.2. The summed E-state index contributed by atoms with van der Waals surface area (Å²) in [5, 5.41) is 12.9. The van der Waals surface area contributed by atoms with Crippen LogP contribution in [0.3, 0.4) is 0 Å². The Hall–Kier alpha value is -2.06. The lowest BCUT2D eigenvalue weighted by Gasteiger charge is -2.03. The maximum absolute atomic E-state index is 5.68. The largest absolute Gasteiger partial charge is 0.486 e. The molecule has 6 nitrogen and oxygen atoms in total. The topological polar surface area (TPSA) is 65.4 Å². The zero-order valence-electron chi connectivity index (χ0n) is 12.9. The van der Waals surface area contributed by atoms with E-state index in [0.717, 1.165) is 26.9 Å². The Labute approximate surface area is 152 Å². The van der Waals surface area contributed by atoms with Crippen LogP contribution in [0.25, 0.3) is 0 Å². The fourth-order valence-electron chi connectivity index (χ4n) is 1.87. The van der Waals surface area contributed by atoms with Gasteiger partial charge in [-0.05, 0) is 42.2 Å². The summed E-state index contributed by atoms with van der Waals surface area (Å²) in [5.41, 5.74) is 0. The molecule has 3 rings (SSSR count). The van der Waals surface area contributed by atoms with Crippen molar-refractivity contribution in [3.63, 3.8) is 0 Å². The first kappa shape index (κ1) is 16.8. The fraction of sp³-hybridized carbons (Fsp3) is 0.188. The molecule has 0 radical (unpaired) electrons. The van der Waals surface area contributed by atoms with Gasteiger partial charge in [-0.15, -0.1) is 10.2 Å². The SMILES string of the molecule is CCSc1nncn1N=Cc1ccc(COc2ccc(Br)cc2)o1. The Morgan fingerprint density at radius 2 is 2.12 bits per heavy atom. The van der Waals surface area contributed by atoms with E-state index < -0.39 is 0 Å². The fourth-order valence-corrected chi connectivity index (χ4v) is 2.72. The maximum Gasteiger partial charge on any atom is 0.211 e. The summed E-state index contributed by atoms with van der Waals surface area (Å²) in [5.74, 6) is 3.07. The van der Waals surface area contributed by atoms with Crippen LogP contribution in [0, 0.1) is 0 Å². The Morgan fingerprint density at radius 3 is 2.92 bits per heavy atom. The van der Waals surface area contributed by atoms with E-state index in [9.17, 15) is 0 Å². The molecule has 0 bridgehead atoms. The minimum Gasteiger partial charge on any atom is -0.486 e. The van der Waals surface area contributed by atoms with E-state index in [2.05, 4.69) is 38.2 Å². The first-order valence-corrected chi connectivity index (χ1v) is 9.06. The molecule has 0 aliphatic carbocycles. The van der Waals surface area contributed by atoms with Gasteiger partial charge < -0.3 is 9.15 Å². The number of benzene rings is 1. The number of halogens is 1. The number of hydrogen-bond acceptors (Lipinski definition) is 6. The highest BCUT2D eigenvalue weighted by Crippen LogP contribution is 2.18. The van der Waals surface area contributed by atoms with Crippen molar-refractivity contribution < 1.29 is 9.15 Å². The van der Waals surface area contributed by atoms with E-state index in [0.29, 0.717) is 12.4 Å². The van der Waals surface area contributed by atoms with Gasteiger partial charge in [0.2, 0.25) is 5.16 Å². The van der Waals surface area contributed by atoms with Crippen molar-refractivity contribution in [3.8, 4) is 5.75 Å². The highest BCUT2D eigenvalue weighted by atomic mass is 79.9.